The Kier molecular flexibility index (Phi) is 8.50. The highest BCUT2D eigenvalue weighted by Crippen LogP contribution is 2.51. The smallest absolute Gasteiger partial charge is 0.349 e. The van der Waals surface area contributed by atoms with E-state index < -0.39 is 24.0 Å². The summed E-state index contributed by atoms with van der Waals surface area (Å²) in [7, 11) is 2.07. The van der Waals surface area contributed by atoms with Gasteiger partial charge in [-0.3, -0.25) is 9.59 Å². The molecule has 0 aliphatic heterocycles. The normalized spacial score (nSPS) is 19.3. The van der Waals surface area contributed by atoms with Crippen LogP contribution in [-0.4, -0.2) is 55.1 Å². The number of nitrogens with one attached hydrogen (secondary N) is 2. The van der Waals surface area contributed by atoms with Crippen LogP contribution in [0.15, 0.2) is 78.9 Å². The Bertz CT molecular complexity index is 1320. The summed E-state index contributed by atoms with van der Waals surface area (Å²) in [5.74, 6) is -0.654. The molecule has 8 heteroatoms. The molecule has 1 saturated carbocycles. The minimum atomic E-state index is -4.49. The van der Waals surface area contributed by atoms with Crippen LogP contribution in [0.3, 0.4) is 0 Å². The molecule has 2 aliphatic rings. The molecular weight excluding hydrogens is 527 g/mol. The summed E-state index contributed by atoms with van der Waals surface area (Å²) in [5, 5.41) is 5.36. The molecule has 0 radical (unpaired) electrons. The Morgan fingerprint density at radius 1 is 0.854 bits per heavy atom. The standard InChI is InChI=1S/C33H36F3N3O2/c1-39(25-18-16-24(17-19-25)38-30(40)23-10-3-2-4-11-23)21-9-20-32(31(41)37-22-33(34,35)36)28-14-7-5-12-26(28)27-13-6-8-15-29(27)32/h2-8,10-15,24-25H,9,16-22H2,1H3,(H,37,41)(H,38,40)/t24-,25-. The van der Waals surface area contributed by atoms with Gasteiger partial charge in [0.2, 0.25) is 5.91 Å². The number of carbonyl (C=O) groups is 2. The molecule has 0 aromatic heterocycles. The molecule has 0 atom stereocenters. The number of alkyl halides is 3. The fourth-order valence-corrected chi connectivity index (χ4v) is 6.58. The average molecular weight is 564 g/mol. The molecule has 2 amide bonds. The molecule has 0 heterocycles. The number of amides is 2. The van der Waals surface area contributed by atoms with Gasteiger partial charge in [0.15, 0.2) is 0 Å². The fraction of sp³-hybridized carbons (Fsp3) is 0.394. The first-order chi connectivity index (χ1) is 19.7. The van der Waals surface area contributed by atoms with Crippen molar-refractivity contribution >= 4 is 11.8 Å². The van der Waals surface area contributed by atoms with Crippen LogP contribution in [0.25, 0.3) is 11.1 Å². The minimum absolute atomic E-state index is 0.0476. The summed E-state index contributed by atoms with van der Waals surface area (Å²) >= 11 is 0. The highest BCUT2D eigenvalue weighted by Gasteiger charge is 2.49. The topological polar surface area (TPSA) is 61.4 Å². The molecule has 0 bridgehead atoms. The van der Waals surface area contributed by atoms with Gasteiger partial charge in [0, 0.05) is 17.6 Å². The maximum Gasteiger partial charge on any atom is 0.405 e. The van der Waals surface area contributed by atoms with Gasteiger partial charge in [0.05, 0.1) is 0 Å². The Balaban J connectivity index is 1.24. The number of hydrogen-bond acceptors (Lipinski definition) is 3. The second-order valence-electron chi connectivity index (χ2n) is 11.2. The lowest BCUT2D eigenvalue weighted by Gasteiger charge is -2.36. The first-order valence-electron chi connectivity index (χ1n) is 14.3. The molecule has 3 aromatic carbocycles. The van der Waals surface area contributed by atoms with Crippen LogP contribution >= 0.6 is 0 Å². The van der Waals surface area contributed by atoms with Crippen molar-refractivity contribution in [1.82, 2.24) is 15.5 Å². The number of hydrogen-bond donors (Lipinski definition) is 2. The molecular formula is C33H36F3N3O2. The van der Waals surface area contributed by atoms with Gasteiger partial charge in [0.25, 0.3) is 5.91 Å². The van der Waals surface area contributed by atoms with Gasteiger partial charge in [-0.2, -0.15) is 13.2 Å². The molecule has 0 saturated heterocycles. The molecule has 41 heavy (non-hydrogen) atoms. The lowest BCUT2D eigenvalue weighted by Crippen LogP contribution is -2.47. The summed E-state index contributed by atoms with van der Waals surface area (Å²) in [4.78, 5) is 28.5. The van der Waals surface area contributed by atoms with E-state index in [1.807, 2.05) is 78.9 Å². The predicted molar refractivity (Wildman–Crippen MR) is 154 cm³/mol. The van der Waals surface area contributed by atoms with Crippen LogP contribution in [0.1, 0.15) is 60.0 Å². The minimum Gasteiger partial charge on any atom is -0.349 e. The van der Waals surface area contributed by atoms with Gasteiger partial charge in [0.1, 0.15) is 12.0 Å². The SMILES string of the molecule is CN(CCCC1(C(=O)NCC(F)(F)F)c2ccccc2-c2ccccc21)[C@H]1CC[C@H](NC(=O)c2ccccc2)CC1. The number of benzene rings is 3. The maximum absolute atomic E-state index is 13.7. The highest BCUT2D eigenvalue weighted by molar-refractivity contribution is 6.00. The third-order valence-corrected chi connectivity index (χ3v) is 8.65. The first-order valence-corrected chi connectivity index (χ1v) is 14.3. The van der Waals surface area contributed by atoms with Crippen molar-refractivity contribution in [3.63, 3.8) is 0 Å². The van der Waals surface area contributed by atoms with E-state index >= 15 is 0 Å². The van der Waals surface area contributed by atoms with E-state index in [2.05, 4.69) is 22.6 Å². The van der Waals surface area contributed by atoms with Crippen LogP contribution < -0.4 is 10.6 Å². The molecule has 3 aromatic rings. The van der Waals surface area contributed by atoms with E-state index in [0.29, 0.717) is 31.0 Å². The van der Waals surface area contributed by atoms with Crippen molar-refractivity contribution in [2.24, 2.45) is 0 Å². The highest BCUT2D eigenvalue weighted by atomic mass is 19.4. The number of rotatable bonds is 9. The lowest BCUT2D eigenvalue weighted by molar-refractivity contribution is -0.141. The zero-order valence-electron chi connectivity index (χ0n) is 23.2. The van der Waals surface area contributed by atoms with Crippen LogP contribution in [0.4, 0.5) is 13.2 Å². The number of halogens is 3. The van der Waals surface area contributed by atoms with Crippen molar-refractivity contribution in [2.45, 2.75) is 62.2 Å². The van der Waals surface area contributed by atoms with Crippen LogP contribution in [0.2, 0.25) is 0 Å². The zero-order valence-corrected chi connectivity index (χ0v) is 23.2. The summed E-state index contributed by atoms with van der Waals surface area (Å²) < 4.78 is 39.4. The van der Waals surface area contributed by atoms with Gasteiger partial charge < -0.3 is 15.5 Å². The van der Waals surface area contributed by atoms with E-state index in [0.717, 1.165) is 47.9 Å². The molecule has 0 spiro atoms. The number of fused-ring (bicyclic) bond motifs is 3. The lowest BCUT2D eigenvalue weighted by atomic mass is 9.73. The van der Waals surface area contributed by atoms with Gasteiger partial charge >= 0.3 is 6.18 Å². The molecule has 1 fully saturated rings. The van der Waals surface area contributed by atoms with Crippen LogP contribution in [0, 0.1) is 0 Å². The first kappa shape index (κ1) is 28.9. The Hall–Kier alpha value is -3.65. The molecule has 2 aliphatic carbocycles. The van der Waals surface area contributed by atoms with Crippen molar-refractivity contribution in [2.75, 3.05) is 20.1 Å². The van der Waals surface area contributed by atoms with Gasteiger partial charge in [-0.25, -0.2) is 0 Å². The second-order valence-corrected chi connectivity index (χ2v) is 11.2. The van der Waals surface area contributed by atoms with Gasteiger partial charge in [-0.1, -0.05) is 66.7 Å². The summed E-state index contributed by atoms with van der Waals surface area (Å²) in [5.41, 5.74) is 2.80. The quantitative estimate of drug-likeness (QED) is 0.332. The van der Waals surface area contributed by atoms with E-state index in [4.69, 9.17) is 0 Å². The molecule has 5 nitrogen and oxygen atoms in total. The van der Waals surface area contributed by atoms with Crippen LogP contribution in [-0.2, 0) is 10.2 Å². The Labute approximate surface area is 239 Å². The van der Waals surface area contributed by atoms with Crippen LogP contribution in [0.5, 0.6) is 0 Å². The van der Waals surface area contributed by atoms with Crippen molar-refractivity contribution in [1.29, 1.82) is 0 Å². The number of carbonyl (C=O) groups excluding carboxylic acids is 2. The Morgan fingerprint density at radius 3 is 2.00 bits per heavy atom. The molecule has 216 valence electrons. The summed E-state index contributed by atoms with van der Waals surface area (Å²) in [6.07, 6.45) is 0.212. The maximum atomic E-state index is 13.7. The predicted octanol–water partition coefficient (Wildman–Crippen LogP) is 6.08. The van der Waals surface area contributed by atoms with E-state index in [1.165, 1.54) is 0 Å². The Morgan fingerprint density at radius 2 is 1.41 bits per heavy atom. The average Bonchev–Trinajstić information content (AvgIpc) is 3.27. The van der Waals surface area contributed by atoms with Crippen molar-refractivity contribution in [3.8, 4) is 11.1 Å². The largest absolute Gasteiger partial charge is 0.405 e. The van der Waals surface area contributed by atoms with Gasteiger partial charge in [-0.15, -0.1) is 0 Å². The third kappa shape index (κ3) is 6.17. The second kappa shape index (κ2) is 12.1. The third-order valence-electron chi connectivity index (χ3n) is 8.65. The zero-order chi connectivity index (χ0) is 29.0. The molecule has 2 N–H and O–H groups in total. The van der Waals surface area contributed by atoms with E-state index in [-0.39, 0.29) is 11.9 Å². The fourth-order valence-electron chi connectivity index (χ4n) is 6.58. The van der Waals surface area contributed by atoms with Crippen molar-refractivity contribution in [3.05, 3.63) is 95.6 Å². The van der Waals surface area contributed by atoms with E-state index in [1.54, 1.807) is 0 Å². The molecule has 0 unspecified atom stereocenters. The molecule has 5 rings (SSSR count). The van der Waals surface area contributed by atoms with Gasteiger partial charge in [-0.05, 0) is 86.5 Å². The van der Waals surface area contributed by atoms with E-state index in [9.17, 15) is 22.8 Å². The summed E-state index contributed by atoms with van der Waals surface area (Å²) in [6.45, 7) is -0.647. The number of nitrogens with zero attached hydrogens (tertiary/aromatic N) is 1. The summed E-state index contributed by atoms with van der Waals surface area (Å²) in [6, 6.07) is 24.8. The van der Waals surface area contributed by atoms with Crippen molar-refractivity contribution < 1.29 is 22.8 Å². The monoisotopic (exact) mass is 563 g/mol.